The molecule has 1 atom stereocenters. The molecule has 0 spiro atoms. The molecule has 1 aliphatic heterocycles. The van der Waals surface area contributed by atoms with Gasteiger partial charge >= 0.3 is 12.3 Å². The monoisotopic (exact) mass is 273 g/mol. The van der Waals surface area contributed by atoms with Gasteiger partial charge in [-0.25, -0.2) is 4.79 Å². The smallest absolute Gasteiger partial charge is 0.416 e. The summed E-state index contributed by atoms with van der Waals surface area (Å²) in [6.07, 6.45) is -3.84. The van der Waals surface area contributed by atoms with E-state index in [0.717, 1.165) is 12.1 Å². The van der Waals surface area contributed by atoms with Crippen molar-refractivity contribution < 1.29 is 23.1 Å². The second kappa shape index (κ2) is 4.75. The zero-order valence-electron chi connectivity index (χ0n) is 10.4. The van der Waals surface area contributed by atoms with Crippen LogP contribution in [0.2, 0.25) is 0 Å². The van der Waals surface area contributed by atoms with Crippen molar-refractivity contribution >= 4 is 11.8 Å². The van der Waals surface area contributed by atoms with Crippen molar-refractivity contribution in [3.63, 3.8) is 0 Å². The Morgan fingerprint density at radius 1 is 1.47 bits per heavy atom. The van der Waals surface area contributed by atoms with Crippen LogP contribution in [0.5, 0.6) is 0 Å². The van der Waals surface area contributed by atoms with Crippen molar-refractivity contribution in [1.29, 1.82) is 0 Å². The third-order valence-electron chi connectivity index (χ3n) is 3.46. The van der Waals surface area contributed by atoms with E-state index < -0.39 is 17.8 Å². The van der Waals surface area contributed by atoms with E-state index in [1.165, 1.54) is 11.0 Å². The average molecular weight is 273 g/mol. The predicted octanol–water partition coefficient (Wildman–Crippen LogP) is 3.91. The normalized spacial score (nSPS) is 19.2. The van der Waals surface area contributed by atoms with Crippen LogP contribution in [-0.2, 0) is 12.6 Å². The first-order valence-corrected chi connectivity index (χ1v) is 6.07. The Labute approximate surface area is 108 Å². The van der Waals surface area contributed by atoms with Gasteiger partial charge in [0, 0.05) is 6.04 Å². The second-order valence-corrected chi connectivity index (χ2v) is 4.59. The molecule has 0 aliphatic carbocycles. The molecular weight excluding hydrogens is 259 g/mol. The molecule has 3 nitrogen and oxygen atoms in total. The Kier molecular flexibility index (Phi) is 3.43. The highest BCUT2D eigenvalue weighted by molar-refractivity contribution is 5.88. The number of anilines is 1. The summed E-state index contributed by atoms with van der Waals surface area (Å²) < 4.78 is 37.9. The predicted molar refractivity (Wildman–Crippen MR) is 64.3 cm³/mol. The molecule has 0 fully saturated rings. The molecule has 0 radical (unpaired) electrons. The number of amides is 1. The van der Waals surface area contributed by atoms with E-state index in [2.05, 4.69) is 0 Å². The fourth-order valence-corrected chi connectivity index (χ4v) is 2.49. The van der Waals surface area contributed by atoms with Gasteiger partial charge in [-0.1, -0.05) is 6.92 Å². The van der Waals surface area contributed by atoms with E-state index in [0.29, 0.717) is 30.5 Å². The van der Waals surface area contributed by atoms with Gasteiger partial charge in [-0.05, 0) is 43.0 Å². The van der Waals surface area contributed by atoms with Gasteiger partial charge < -0.3 is 5.11 Å². The van der Waals surface area contributed by atoms with E-state index >= 15 is 0 Å². The van der Waals surface area contributed by atoms with E-state index in [4.69, 9.17) is 0 Å². The molecule has 0 saturated heterocycles. The van der Waals surface area contributed by atoms with Gasteiger partial charge in [0.15, 0.2) is 0 Å². The molecule has 1 heterocycles. The highest BCUT2D eigenvalue weighted by Crippen LogP contribution is 2.37. The molecule has 1 N–H and O–H groups in total. The minimum atomic E-state index is -4.40. The first-order valence-electron chi connectivity index (χ1n) is 6.07. The van der Waals surface area contributed by atoms with Crippen molar-refractivity contribution in [2.45, 2.75) is 38.4 Å². The number of hydrogen-bond donors (Lipinski definition) is 1. The third-order valence-corrected chi connectivity index (χ3v) is 3.46. The highest BCUT2D eigenvalue weighted by atomic mass is 19.4. The minimum absolute atomic E-state index is 0.165. The second-order valence-electron chi connectivity index (χ2n) is 4.59. The van der Waals surface area contributed by atoms with Crippen molar-refractivity contribution in [3.05, 3.63) is 29.3 Å². The standard InChI is InChI=1S/C13H14F3NO2/c1-2-10-5-3-8-7-9(13(14,15)16)4-6-11(8)17(10)12(18)19/h4,6-7,10H,2-3,5H2,1H3,(H,18,19)/t10-/m1/s1. The third kappa shape index (κ3) is 2.52. The van der Waals surface area contributed by atoms with Gasteiger partial charge in [0.05, 0.1) is 11.3 Å². The van der Waals surface area contributed by atoms with Crippen LogP contribution in [0.25, 0.3) is 0 Å². The summed E-state index contributed by atoms with van der Waals surface area (Å²) in [6.45, 7) is 1.87. The van der Waals surface area contributed by atoms with Crippen LogP contribution in [0.15, 0.2) is 18.2 Å². The maximum absolute atomic E-state index is 12.6. The zero-order chi connectivity index (χ0) is 14.2. The Bertz CT molecular complexity index is 499. The van der Waals surface area contributed by atoms with Crippen LogP contribution in [0.1, 0.15) is 30.9 Å². The Hall–Kier alpha value is -1.72. The molecule has 6 heteroatoms. The van der Waals surface area contributed by atoms with E-state index in [9.17, 15) is 23.1 Å². The topological polar surface area (TPSA) is 40.5 Å². The molecular formula is C13H14F3NO2. The fourth-order valence-electron chi connectivity index (χ4n) is 2.49. The van der Waals surface area contributed by atoms with Gasteiger partial charge in [0.2, 0.25) is 0 Å². The average Bonchev–Trinajstić information content (AvgIpc) is 2.35. The minimum Gasteiger partial charge on any atom is -0.465 e. The maximum Gasteiger partial charge on any atom is 0.416 e. The van der Waals surface area contributed by atoms with Crippen LogP contribution >= 0.6 is 0 Å². The van der Waals surface area contributed by atoms with Crippen LogP contribution in [0.4, 0.5) is 23.7 Å². The van der Waals surface area contributed by atoms with Crippen LogP contribution < -0.4 is 4.90 Å². The number of alkyl halides is 3. The molecule has 1 aliphatic rings. The van der Waals surface area contributed by atoms with Crippen molar-refractivity contribution in [3.8, 4) is 0 Å². The Morgan fingerprint density at radius 2 is 2.16 bits per heavy atom. The summed E-state index contributed by atoms with van der Waals surface area (Å²) in [7, 11) is 0. The molecule has 1 amide bonds. The summed E-state index contributed by atoms with van der Waals surface area (Å²) >= 11 is 0. The number of fused-ring (bicyclic) bond motifs is 1. The summed E-state index contributed by atoms with van der Waals surface area (Å²) in [6, 6.07) is 3.08. The summed E-state index contributed by atoms with van der Waals surface area (Å²) in [5.41, 5.74) is 0.0899. The lowest BCUT2D eigenvalue weighted by Gasteiger charge is -2.35. The number of aryl methyl sites for hydroxylation is 1. The lowest BCUT2D eigenvalue weighted by Crippen LogP contribution is -2.42. The van der Waals surface area contributed by atoms with Crippen molar-refractivity contribution in [2.75, 3.05) is 4.90 Å². The first kappa shape index (κ1) is 13.7. The summed E-state index contributed by atoms with van der Waals surface area (Å²) in [5, 5.41) is 9.22. The van der Waals surface area contributed by atoms with Crippen LogP contribution in [0.3, 0.4) is 0 Å². The molecule has 19 heavy (non-hydrogen) atoms. The summed E-state index contributed by atoms with van der Waals surface area (Å²) in [4.78, 5) is 12.5. The SMILES string of the molecule is CC[C@@H]1CCc2cc(C(F)(F)F)ccc2N1C(=O)O. The zero-order valence-corrected chi connectivity index (χ0v) is 10.4. The molecule has 2 rings (SSSR count). The van der Waals surface area contributed by atoms with Crippen molar-refractivity contribution in [1.82, 2.24) is 0 Å². The van der Waals surface area contributed by atoms with E-state index in [1.807, 2.05) is 6.92 Å². The lowest BCUT2D eigenvalue weighted by molar-refractivity contribution is -0.137. The summed E-state index contributed by atoms with van der Waals surface area (Å²) in [5.74, 6) is 0. The van der Waals surface area contributed by atoms with Crippen LogP contribution in [0, 0.1) is 0 Å². The van der Waals surface area contributed by atoms with Gasteiger partial charge in [-0.2, -0.15) is 13.2 Å². The number of hydrogen-bond acceptors (Lipinski definition) is 1. The highest BCUT2D eigenvalue weighted by Gasteiger charge is 2.34. The van der Waals surface area contributed by atoms with Gasteiger partial charge in [0.1, 0.15) is 0 Å². The first-order chi connectivity index (χ1) is 8.84. The number of halogens is 3. The van der Waals surface area contributed by atoms with E-state index in [1.54, 1.807) is 0 Å². The molecule has 0 bridgehead atoms. The lowest BCUT2D eigenvalue weighted by atomic mass is 9.93. The fraction of sp³-hybridized carbons (Fsp3) is 0.462. The number of benzene rings is 1. The molecule has 1 aromatic carbocycles. The number of nitrogens with zero attached hydrogens (tertiary/aromatic N) is 1. The van der Waals surface area contributed by atoms with E-state index in [-0.39, 0.29) is 6.04 Å². The molecule has 0 saturated carbocycles. The van der Waals surface area contributed by atoms with Gasteiger partial charge in [-0.15, -0.1) is 0 Å². The number of carbonyl (C=O) groups is 1. The number of rotatable bonds is 1. The Balaban J connectivity index is 2.45. The van der Waals surface area contributed by atoms with Gasteiger partial charge in [0.25, 0.3) is 0 Å². The largest absolute Gasteiger partial charge is 0.465 e. The molecule has 0 unspecified atom stereocenters. The molecule has 104 valence electrons. The molecule has 0 aromatic heterocycles. The Morgan fingerprint density at radius 3 is 2.68 bits per heavy atom. The van der Waals surface area contributed by atoms with Crippen LogP contribution in [-0.4, -0.2) is 17.2 Å². The quantitative estimate of drug-likeness (QED) is 0.842. The van der Waals surface area contributed by atoms with Crippen molar-refractivity contribution in [2.24, 2.45) is 0 Å². The maximum atomic E-state index is 12.6. The molecule has 1 aromatic rings. The van der Waals surface area contributed by atoms with Gasteiger partial charge in [-0.3, -0.25) is 4.90 Å². The number of carboxylic acid groups (broad SMARTS) is 1.